The van der Waals surface area contributed by atoms with Gasteiger partial charge in [-0.05, 0) is 32.3 Å². The van der Waals surface area contributed by atoms with E-state index in [9.17, 15) is 14.9 Å². The number of thiophene rings is 1. The number of nitrogens with zero attached hydrogens (tertiary/aromatic N) is 2. The van der Waals surface area contributed by atoms with Crippen molar-refractivity contribution in [2.75, 3.05) is 6.54 Å². The van der Waals surface area contributed by atoms with E-state index in [0.29, 0.717) is 4.88 Å². The van der Waals surface area contributed by atoms with E-state index >= 15 is 0 Å². The van der Waals surface area contributed by atoms with Crippen LogP contribution in [0.25, 0.3) is 0 Å². The van der Waals surface area contributed by atoms with Crippen molar-refractivity contribution < 1.29 is 9.72 Å². The van der Waals surface area contributed by atoms with Gasteiger partial charge in [0.25, 0.3) is 5.91 Å². The molecule has 1 aliphatic heterocycles. The maximum atomic E-state index is 12.2. The highest BCUT2D eigenvalue weighted by Gasteiger charge is 2.26. The molecule has 1 aromatic heterocycles. The number of nitro groups is 1. The van der Waals surface area contributed by atoms with Gasteiger partial charge in [-0.25, -0.2) is 0 Å². The Labute approximate surface area is 103 Å². The largest absolute Gasteiger partial charge is 0.335 e. The fourth-order valence-corrected chi connectivity index (χ4v) is 2.86. The Morgan fingerprint density at radius 2 is 2.29 bits per heavy atom. The van der Waals surface area contributed by atoms with Crippen LogP contribution in [0.15, 0.2) is 12.1 Å². The Morgan fingerprint density at radius 1 is 1.53 bits per heavy atom. The van der Waals surface area contributed by atoms with Crippen LogP contribution in [0.4, 0.5) is 5.00 Å². The molecule has 2 rings (SSSR count). The van der Waals surface area contributed by atoms with E-state index in [1.807, 2.05) is 11.8 Å². The molecule has 17 heavy (non-hydrogen) atoms. The molecule has 6 heteroatoms. The van der Waals surface area contributed by atoms with Crippen molar-refractivity contribution in [3.05, 3.63) is 27.1 Å². The van der Waals surface area contributed by atoms with Crippen LogP contribution in [-0.4, -0.2) is 28.3 Å². The van der Waals surface area contributed by atoms with Crippen LogP contribution < -0.4 is 0 Å². The molecule has 1 aromatic rings. The first kappa shape index (κ1) is 12.0. The minimum atomic E-state index is -0.457. The van der Waals surface area contributed by atoms with Gasteiger partial charge in [-0.2, -0.15) is 0 Å². The Balaban J connectivity index is 2.15. The smallest absolute Gasteiger partial charge is 0.324 e. The van der Waals surface area contributed by atoms with E-state index < -0.39 is 4.92 Å². The molecule has 5 nitrogen and oxygen atoms in total. The summed E-state index contributed by atoms with van der Waals surface area (Å²) in [7, 11) is 0. The number of likely N-dealkylation sites (tertiary alicyclic amines) is 1. The summed E-state index contributed by atoms with van der Waals surface area (Å²) in [6.07, 6.45) is 3.18. The van der Waals surface area contributed by atoms with Gasteiger partial charge in [-0.1, -0.05) is 11.3 Å². The molecular formula is C11H14N2O3S. The van der Waals surface area contributed by atoms with Crippen molar-refractivity contribution in [1.82, 2.24) is 4.90 Å². The molecule has 1 unspecified atom stereocenters. The second kappa shape index (κ2) is 4.83. The van der Waals surface area contributed by atoms with Crippen LogP contribution >= 0.6 is 11.3 Å². The number of amides is 1. The lowest BCUT2D eigenvalue weighted by Crippen LogP contribution is -2.41. The lowest BCUT2D eigenvalue weighted by Gasteiger charge is -2.33. The van der Waals surface area contributed by atoms with Gasteiger partial charge >= 0.3 is 5.00 Å². The van der Waals surface area contributed by atoms with E-state index in [1.165, 1.54) is 6.07 Å². The molecule has 0 N–H and O–H groups in total. The summed E-state index contributed by atoms with van der Waals surface area (Å²) < 4.78 is 0. The van der Waals surface area contributed by atoms with Crippen molar-refractivity contribution in [2.24, 2.45) is 0 Å². The highest BCUT2D eigenvalue weighted by atomic mass is 32.1. The van der Waals surface area contributed by atoms with Gasteiger partial charge in [0.2, 0.25) is 0 Å². The third-order valence-electron chi connectivity index (χ3n) is 3.05. The monoisotopic (exact) mass is 254 g/mol. The molecule has 0 saturated carbocycles. The number of hydrogen-bond acceptors (Lipinski definition) is 4. The Bertz CT molecular complexity index is 444. The average molecular weight is 254 g/mol. The fourth-order valence-electron chi connectivity index (χ4n) is 2.08. The molecule has 92 valence electrons. The number of rotatable bonds is 2. The molecule has 2 heterocycles. The normalized spacial score (nSPS) is 20.3. The molecule has 1 atom stereocenters. The minimum Gasteiger partial charge on any atom is -0.335 e. The van der Waals surface area contributed by atoms with Crippen molar-refractivity contribution in [3.63, 3.8) is 0 Å². The van der Waals surface area contributed by atoms with Gasteiger partial charge in [0, 0.05) is 18.7 Å². The third kappa shape index (κ3) is 2.46. The molecule has 1 amide bonds. The fraction of sp³-hybridized carbons (Fsp3) is 0.545. The van der Waals surface area contributed by atoms with Crippen LogP contribution in [0, 0.1) is 10.1 Å². The summed E-state index contributed by atoms with van der Waals surface area (Å²) in [4.78, 5) is 24.6. The quantitative estimate of drug-likeness (QED) is 0.602. The summed E-state index contributed by atoms with van der Waals surface area (Å²) in [5.41, 5.74) is 0. The SMILES string of the molecule is CC1CCCCN1C(=O)c1ccc([N+](=O)[O-])s1. The van der Waals surface area contributed by atoms with Gasteiger partial charge in [0.1, 0.15) is 0 Å². The highest BCUT2D eigenvalue weighted by Crippen LogP contribution is 2.27. The first-order valence-corrected chi connectivity index (χ1v) is 6.46. The lowest BCUT2D eigenvalue weighted by atomic mass is 10.0. The standard InChI is InChI=1S/C11H14N2O3S/c1-8-4-2-3-7-12(8)11(14)9-5-6-10(17-9)13(15)16/h5-6,8H,2-4,7H2,1H3. The lowest BCUT2D eigenvalue weighted by molar-refractivity contribution is -0.380. The number of hydrogen-bond donors (Lipinski definition) is 0. The first-order valence-electron chi connectivity index (χ1n) is 5.65. The average Bonchev–Trinajstić information content (AvgIpc) is 2.78. The van der Waals surface area contributed by atoms with E-state index in [1.54, 1.807) is 6.07 Å². The summed E-state index contributed by atoms with van der Waals surface area (Å²) in [5, 5.41) is 10.6. The maximum absolute atomic E-state index is 12.2. The maximum Gasteiger partial charge on any atom is 0.324 e. The van der Waals surface area contributed by atoms with E-state index in [4.69, 9.17) is 0 Å². The van der Waals surface area contributed by atoms with Gasteiger partial charge < -0.3 is 4.90 Å². The van der Waals surface area contributed by atoms with Crippen LogP contribution in [-0.2, 0) is 0 Å². The van der Waals surface area contributed by atoms with Crippen molar-refractivity contribution in [2.45, 2.75) is 32.2 Å². The zero-order valence-electron chi connectivity index (χ0n) is 9.59. The van der Waals surface area contributed by atoms with E-state index in [2.05, 4.69) is 0 Å². The predicted octanol–water partition coefficient (Wildman–Crippen LogP) is 2.67. The van der Waals surface area contributed by atoms with Gasteiger partial charge in [-0.15, -0.1) is 0 Å². The molecule has 0 aromatic carbocycles. The van der Waals surface area contributed by atoms with Gasteiger partial charge in [-0.3, -0.25) is 14.9 Å². The van der Waals surface area contributed by atoms with Crippen molar-refractivity contribution >= 4 is 22.2 Å². The van der Waals surface area contributed by atoms with E-state index in [-0.39, 0.29) is 17.0 Å². The zero-order valence-corrected chi connectivity index (χ0v) is 10.4. The molecule has 1 aliphatic rings. The summed E-state index contributed by atoms with van der Waals surface area (Å²) in [6, 6.07) is 3.18. The Kier molecular flexibility index (Phi) is 3.42. The molecule has 1 saturated heterocycles. The second-order valence-corrected chi connectivity index (χ2v) is 5.30. The summed E-state index contributed by atoms with van der Waals surface area (Å²) in [6.45, 7) is 2.78. The van der Waals surface area contributed by atoms with E-state index in [0.717, 1.165) is 37.1 Å². The van der Waals surface area contributed by atoms with Crippen molar-refractivity contribution in [3.8, 4) is 0 Å². The minimum absolute atomic E-state index is 0.0259. The molecule has 0 aliphatic carbocycles. The molecule has 0 bridgehead atoms. The van der Waals surface area contributed by atoms with Crippen LogP contribution in [0.1, 0.15) is 35.9 Å². The zero-order chi connectivity index (χ0) is 12.4. The van der Waals surface area contributed by atoms with Crippen LogP contribution in [0.3, 0.4) is 0 Å². The third-order valence-corrected chi connectivity index (χ3v) is 4.07. The highest BCUT2D eigenvalue weighted by molar-refractivity contribution is 7.17. The molecular weight excluding hydrogens is 240 g/mol. The summed E-state index contributed by atoms with van der Waals surface area (Å²) >= 11 is 0.954. The number of carbonyl (C=O) groups is 1. The van der Waals surface area contributed by atoms with Gasteiger partial charge in [0.15, 0.2) is 0 Å². The molecule has 0 radical (unpaired) electrons. The van der Waals surface area contributed by atoms with Crippen molar-refractivity contribution in [1.29, 1.82) is 0 Å². The summed E-state index contributed by atoms with van der Waals surface area (Å²) in [5.74, 6) is -0.0738. The molecule has 0 spiro atoms. The molecule has 1 fully saturated rings. The van der Waals surface area contributed by atoms with Gasteiger partial charge in [0.05, 0.1) is 9.80 Å². The Morgan fingerprint density at radius 3 is 2.88 bits per heavy atom. The predicted molar refractivity (Wildman–Crippen MR) is 65.3 cm³/mol. The topological polar surface area (TPSA) is 63.5 Å². The number of piperidine rings is 1. The first-order chi connectivity index (χ1) is 8.09. The van der Waals surface area contributed by atoms with Crippen LogP contribution in [0.2, 0.25) is 0 Å². The Hall–Kier alpha value is -1.43. The van der Waals surface area contributed by atoms with Crippen LogP contribution in [0.5, 0.6) is 0 Å². The number of carbonyl (C=O) groups excluding carboxylic acids is 1. The second-order valence-electron chi connectivity index (χ2n) is 4.24.